The Morgan fingerprint density at radius 1 is 0.947 bits per heavy atom. The van der Waals surface area contributed by atoms with Crippen molar-refractivity contribution in [3.05, 3.63) is 104 Å². The molecule has 1 amide bonds. The fraction of sp³-hybridized carbons (Fsp3) is 0.366. The summed E-state index contributed by atoms with van der Waals surface area (Å²) in [6, 6.07) is 23.8. The van der Waals surface area contributed by atoms with Gasteiger partial charge < -0.3 is 35.0 Å². The lowest BCUT2D eigenvalue weighted by Crippen LogP contribution is -2.42. The lowest BCUT2D eigenvalue weighted by Gasteiger charge is -2.34. The fourth-order valence-electron chi connectivity index (χ4n) is 7.04. The van der Waals surface area contributed by atoms with Crippen LogP contribution in [0.1, 0.15) is 65.4 Å². The van der Waals surface area contributed by atoms with E-state index >= 15 is 0 Å². The quantitative estimate of drug-likeness (QED) is 0.0926. The summed E-state index contributed by atoms with van der Waals surface area (Å²) in [5.41, 5.74) is 0.0809. The van der Waals surface area contributed by atoms with Crippen molar-refractivity contribution in [1.29, 1.82) is 0 Å². The monoisotopic (exact) mass is 906 g/mol. The lowest BCUT2D eigenvalue weighted by molar-refractivity contribution is -0.170. The Bertz CT molecular complexity index is 2110. The number of piperidine rings is 1. The van der Waals surface area contributed by atoms with Crippen LogP contribution in [0.5, 0.6) is 5.75 Å². The van der Waals surface area contributed by atoms with E-state index in [0.717, 1.165) is 64.6 Å². The van der Waals surface area contributed by atoms with Gasteiger partial charge in [0.1, 0.15) is 5.75 Å². The third-order valence-electron chi connectivity index (χ3n) is 9.97. The van der Waals surface area contributed by atoms with E-state index in [2.05, 4.69) is 26.9 Å². The third-order valence-corrected chi connectivity index (χ3v) is 12.3. The van der Waals surface area contributed by atoms with Gasteiger partial charge in [0.05, 0.1) is 50.8 Å². The maximum absolute atomic E-state index is 14.1. The Morgan fingerprint density at radius 3 is 2.14 bits per heavy atom. The molecule has 1 aliphatic rings. The molecule has 4 aromatic rings. The number of nitrogens with zero attached hydrogens (tertiary/aromatic N) is 2. The second-order valence-corrected chi connectivity index (χ2v) is 16.9. The van der Waals surface area contributed by atoms with Gasteiger partial charge in [-0.15, -0.1) is 0 Å². The van der Waals surface area contributed by atoms with Crippen molar-refractivity contribution in [2.24, 2.45) is 0 Å². The van der Waals surface area contributed by atoms with E-state index in [-0.39, 0.29) is 11.8 Å². The van der Waals surface area contributed by atoms with Crippen LogP contribution < -0.4 is 4.74 Å². The first kappa shape index (κ1) is 45.6. The SMILES string of the molecule is COc1c(Br)cc2ccccc2c1C(=O)N(C)C[C@@H](CCN1CCC(c2ccccc2S(C)=O)CC1)c1ccc(Cl)c(Cl)c1.O=C(O)CC(O)(CC(=O)O)C(=O)O. The topological polar surface area (TPSA) is 182 Å². The molecule has 2 atom stereocenters. The zero-order chi connectivity index (χ0) is 42.0. The summed E-state index contributed by atoms with van der Waals surface area (Å²) < 4.78 is 18.8. The zero-order valence-corrected chi connectivity index (χ0v) is 35.5. The molecule has 4 N–H and O–H groups in total. The van der Waals surface area contributed by atoms with Gasteiger partial charge in [-0.3, -0.25) is 18.6 Å². The zero-order valence-electron chi connectivity index (χ0n) is 31.6. The maximum atomic E-state index is 14.1. The standard InChI is InChI=1S/C35H37BrCl2N2O3S.C6H8O7/c1-39(35(41)33-28-10-5-4-8-25(28)20-29(36)34(33)43-2)22-26(24-12-13-30(37)31(38)21-24)16-19-40-17-14-23(15-18-40)27-9-6-7-11-32(27)44(3)42;7-3(8)1-6(13,5(11)12)2-4(9)10/h4-13,20-21,23,26H,14-19,22H2,1-3H3;13H,1-2H2,(H,7,8)(H,9,10)(H,11,12)/t26-,44?;/m1./s1. The molecule has 306 valence electrons. The van der Waals surface area contributed by atoms with Crippen molar-refractivity contribution in [3.63, 3.8) is 0 Å². The molecule has 0 bridgehead atoms. The molecule has 0 saturated carbocycles. The summed E-state index contributed by atoms with van der Waals surface area (Å²) in [5, 5.41) is 36.7. The van der Waals surface area contributed by atoms with Crippen LogP contribution in [0.2, 0.25) is 10.0 Å². The highest BCUT2D eigenvalue weighted by molar-refractivity contribution is 9.10. The second kappa shape index (κ2) is 20.6. The maximum Gasteiger partial charge on any atom is 0.336 e. The van der Waals surface area contributed by atoms with Crippen LogP contribution in [0.15, 0.2) is 82.2 Å². The van der Waals surface area contributed by atoms with Crippen molar-refractivity contribution < 1.29 is 48.6 Å². The number of carbonyl (C=O) groups is 4. The summed E-state index contributed by atoms with van der Waals surface area (Å²) in [6.07, 6.45) is 2.38. The van der Waals surface area contributed by atoms with Crippen molar-refractivity contribution >= 4 is 84.5 Å². The van der Waals surface area contributed by atoms with Gasteiger partial charge in [-0.25, -0.2) is 4.79 Å². The summed E-state index contributed by atoms with van der Waals surface area (Å²) >= 11 is 16.3. The number of amides is 1. The largest absolute Gasteiger partial charge is 0.495 e. The number of likely N-dealkylation sites (N-methyl/N-ethyl adjacent to an activating group) is 1. The van der Waals surface area contributed by atoms with Gasteiger partial charge in [0.25, 0.3) is 5.91 Å². The van der Waals surface area contributed by atoms with E-state index in [1.807, 2.05) is 73.8 Å². The van der Waals surface area contributed by atoms with Crippen LogP contribution in [-0.2, 0) is 25.2 Å². The Balaban J connectivity index is 0.000000476. The molecule has 57 heavy (non-hydrogen) atoms. The van der Waals surface area contributed by atoms with Crippen LogP contribution >= 0.6 is 39.1 Å². The van der Waals surface area contributed by atoms with Gasteiger partial charge >= 0.3 is 17.9 Å². The van der Waals surface area contributed by atoms with Gasteiger partial charge in [0.2, 0.25) is 0 Å². The Kier molecular flexibility index (Phi) is 16.5. The molecule has 0 aliphatic carbocycles. The molecule has 12 nitrogen and oxygen atoms in total. The smallest absolute Gasteiger partial charge is 0.336 e. The van der Waals surface area contributed by atoms with Gasteiger partial charge in [0, 0.05) is 30.7 Å². The van der Waals surface area contributed by atoms with Gasteiger partial charge in [0.15, 0.2) is 5.60 Å². The van der Waals surface area contributed by atoms with Gasteiger partial charge in [-0.05, 0) is 107 Å². The van der Waals surface area contributed by atoms with Gasteiger partial charge in [-0.2, -0.15) is 0 Å². The Labute approximate surface area is 351 Å². The van der Waals surface area contributed by atoms with E-state index in [0.29, 0.717) is 33.8 Å². The number of methoxy groups -OCH3 is 1. The first-order chi connectivity index (χ1) is 26.9. The molecule has 1 heterocycles. The minimum atomic E-state index is -2.74. The Morgan fingerprint density at radius 2 is 1.56 bits per heavy atom. The van der Waals surface area contributed by atoms with Crippen molar-refractivity contribution in [2.45, 2.75) is 54.4 Å². The molecule has 1 aliphatic heterocycles. The van der Waals surface area contributed by atoms with E-state index in [1.54, 1.807) is 18.3 Å². The number of halogens is 3. The number of ether oxygens (including phenoxy) is 1. The van der Waals surface area contributed by atoms with E-state index in [9.17, 15) is 23.4 Å². The molecule has 1 saturated heterocycles. The summed E-state index contributed by atoms with van der Waals surface area (Å²) in [7, 11) is 2.44. The van der Waals surface area contributed by atoms with Crippen LogP contribution in [0.3, 0.4) is 0 Å². The van der Waals surface area contributed by atoms with Crippen LogP contribution in [0, 0.1) is 0 Å². The lowest BCUT2D eigenvalue weighted by atomic mass is 9.88. The molecule has 5 rings (SSSR count). The van der Waals surface area contributed by atoms with E-state index in [1.165, 1.54) is 5.56 Å². The number of carbonyl (C=O) groups excluding carboxylic acids is 1. The van der Waals surface area contributed by atoms with E-state index < -0.39 is 47.2 Å². The van der Waals surface area contributed by atoms with Crippen LogP contribution in [0.4, 0.5) is 0 Å². The minimum Gasteiger partial charge on any atom is -0.495 e. The Hall–Kier alpha value is -4.05. The summed E-state index contributed by atoms with van der Waals surface area (Å²) in [5.74, 6) is -4.13. The van der Waals surface area contributed by atoms with Gasteiger partial charge in [-0.1, -0.05) is 71.7 Å². The summed E-state index contributed by atoms with van der Waals surface area (Å²) in [6.45, 7) is 3.34. The van der Waals surface area contributed by atoms with E-state index in [4.69, 9.17) is 48.4 Å². The molecule has 4 aromatic carbocycles. The number of rotatable bonds is 15. The minimum absolute atomic E-state index is 0.0455. The fourth-order valence-corrected chi connectivity index (χ4v) is 8.79. The number of hydrogen-bond donors (Lipinski definition) is 4. The van der Waals surface area contributed by atoms with Crippen molar-refractivity contribution in [3.8, 4) is 5.75 Å². The first-order valence-corrected chi connectivity index (χ1v) is 21.1. The highest BCUT2D eigenvalue weighted by Gasteiger charge is 2.41. The number of likely N-dealkylation sites (tertiary alicyclic amines) is 1. The van der Waals surface area contributed by atoms with Crippen LogP contribution in [0.25, 0.3) is 10.8 Å². The molecule has 0 radical (unpaired) electrons. The predicted molar refractivity (Wildman–Crippen MR) is 223 cm³/mol. The number of benzene rings is 4. The molecular formula is C41H45BrCl2N2O10S. The number of fused-ring (bicyclic) bond motifs is 1. The average Bonchev–Trinajstić information content (AvgIpc) is 3.16. The number of hydrogen-bond acceptors (Lipinski definition) is 8. The number of carboxylic acid groups (broad SMARTS) is 3. The molecule has 16 heteroatoms. The van der Waals surface area contributed by atoms with Crippen molar-refractivity contribution in [1.82, 2.24) is 9.80 Å². The normalized spacial score (nSPS) is 14.6. The highest BCUT2D eigenvalue weighted by atomic mass is 79.9. The first-order valence-electron chi connectivity index (χ1n) is 17.9. The molecular weight excluding hydrogens is 863 g/mol. The highest BCUT2D eigenvalue weighted by Crippen LogP contribution is 2.38. The number of aliphatic hydroxyl groups is 1. The van der Waals surface area contributed by atoms with Crippen molar-refractivity contribution in [2.75, 3.05) is 46.6 Å². The number of carboxylic acids is 3. The number of aliphatic carboxylic acids is 3. The third kappa shape index (κ3) is 12.0. The molecule has 1 unspecified atom stereocenters. The molecule has 0 aromatic heterocycles. The molecule has 1 fully saturated rings. The predicted octanol–water partition coefficient (Wildman–Crippen LogP) is 7.53. The second-order valence-electron chi connectivity index (χ2n) is 13.9. The van der Waals surface area contributed by atoms with Crippen LogP contribution in [-0.4, -0.2) is 110 Å². The average molecular weight is 909 g/mol. The summed E-state index contributed by atoms with van der Waals surface area (Å²) in [4.78, 5) is 49.8. The molecule has 0 spiro atoms.